The number of nitrogens with one attached hydrogen (secondary N) is 2. The van der Waals surface area contributed by atoms with Crippen molar-refractivity contribution in [2.75, 3.05) is 18.4 Å². The summed E-state index contributed by atoms with van der Waals surface area (Å²) < 4.78 is 0. The first-order valence-electron chi connectivity index (χ1n) is 5.16. The molecule has 1 aromatic rings. The molecule has 1 rings (SSSR count). The second kappa shape index (κ2) is 6.26. The summed E-state index contributed by atoms with van der Waals surface area (Å²) in [6.07, 6.45) is 0. The largest absolute Gasteiger partial charge is 0.325 e. The van der Waals surface area contributed by atoms with E-state index in [-0.39, 0.29) is 18.0 Å². The summed E-state index contributed by atoms with van der Waals surface area (Å²) in [4.78, 5) is 11.4. The van der Waals surface area contributed by atoms with Crippen molar-refractivity contribution in [3.05, 3.63) is 29.3 Å². The molecule has 0 aliphatic rings. The van der Waals surface area contributed by atoms with Crippen molar-refractivity contribution in [2.24, 2.45) is 0 Å². The molecule has 0 aromatic heterocycles. The van der Waals surface area contributed by atoms with Gasteiger partial charge in [0.2, 0.25) is 5.91 Å². The summed E-state index contributed by atoms with van der Waals surface area (Å²) in [5, 5.41) is 23.1. The number of anilines is 1. The molecule has 5 heteroatoms. The van der Waals surface area contributed by atoms with Gasteiger partial charge in [0.05, 0.1) is 17.7 Å². The van der Waals surface area contributed by atoms with Gasteiger partial charge in [-0.3, -0.25) is 4.79 Å². The summed E-state index contributed by atoms with van der Waals surface area (Å²) >= 11 is 0. The van der Waals surface area contributed by atoms with E-state index in [1.54, 1.807) is 6.07 Å². The molecule has 0 heterocycles. The Bertz CT molecular complexity index is 496. The van der Waals surface area contributed by atoms with E-state index in [2.05, 4.69) is 10.6 Å². The van der Waals surface area contributed by atoms with Crippen LogP contribution in [0.25, 0.3) is 0 Å². The van der Waals surface area contributed by atoms with Gasteiger partial charge in [0.15, 0.2) is 0 Å². The van der Waals surface area contributed by atoms with E-state index < -0.39 is 0 Å². The first-order valence-corrected chi connectivity index (χ1v) is 5.16. The molecule has 2 N–H and O–H groups in total. The zero-order chi connectivity index (χ0) is 12.7. The number of carbonyl (C=O) groups is 1. The van der Waals surface area contributed by atoms with E-state index in [0.29, 0.717) is 17.8 Å². The minimum Gasteiger partial charge on any atom is -0.325 e. The van der Waals surface area contributed by atoms with Crippen LogP contribution in [0.1, 0.15) is 18.1 Å². The molecule has 0 aliphatic carbocycles. The Morgan fingerprint density at radius 1 is 1.29 bits per heavy atom. The SMILES string of the molecule is CCNCC(=O)Nc1ccc(C#N)c(C#N)c1. The van der Waals surface area contributed by atoms with Gasteiger partial charge in [-0.2, -0.15) is 10.5 Å². The Morgan fingerprint density at radius 2 is 2.00 bits per heavy atom. The third kappa shape index (κ3) is 3.60. The molecule has 0 spiro atoms. The van der Waals surface area contributed by atoms with Crippen molar-refractivity contribution in [1.82, 2.24) is 5.32 Å². The van der Waals surface area contributed by atoms with Crippen LogP contribution < -0.4 is 10.6 Å². The number of likely N-dealkylation sites (N-methyl/N-ethyl adjacent to an activating group) is 1. The van der Waals surface area contributed by atoms with Crippen molar-refractivity contribution in [1.29, 1.82) is 10.5 Å². The van der Waals surface area contributed by atoms with Crippen LogP contribution in [-0.2, 0) is 4.79 Å². The highest BCUT2D eigenvalue weighted by molar-refractivity contribution is 5.92. The summed E-state index contributed by atoms with van der Waals surface area (Å²) in [6.45, 7) is 2.84. The number of hydrogen-bond acceptors (Lipinski definition) is 4. The number of carbonyl (C=O) groups excluding carboxylic acids is 1. The lowest BCUT2D eigenvalue weighted by atomic mass is 10.1. The number of amides is 1. The maximum Gasteiger partial charge on any atom is 0.238 e. The fourth-order valence-corrected chi connectivity index (χ4v) is 1.26. The number of nitriles is 2. The highest BCUT2D eigenvalue weighted by atomic mass is 16.1. The molecule has 0 saturated carbocycles. The zero-order valence-electron chi connectivity index (χ0n) is 9.45. The Balaban J connectivity index is 2.77. The summed E-state index contributed by atoms with van der Waals surface area (Å²) in [6, 6.07) is 8.43. The van der Waals surface area contributed by atoms with Crippen LogP contribution in [0.3, 0.4) is 0 Å². The Morgan fingerprint density at radius 3 is 2.59 bits per heavy atom. The maximum absolute atomic E-state index is 11.4. The molecule has 0 atom stereocenters. The molecule has 0 aliphatic heterocycles. The van der Waals surface area contributed by atoms with Crippen molar-refractivity contribution in [3.8, 4) is 12.1 Å². The molecule has 0 bridgehead atoms. The van der Waals surface area contributed by atoms with Gasteiger partial charge in [-0.1, -0.05) is 6.92 Å². The van der Waals surface area contributed by atoms with Gasteiger partial charge in [0.1, 0.15) is 12.1 Å². The lowest BCUT2D eigenvalue weighted by molar-refractivity contribution is -0.115. The summed E-state index contributed by atoms with van der Waals surface area (Å²) in [5.41, 5.74) is 1.08. The fourth-order valence-electron chi connectivity index (χ4n) is 1.26. The molecule has 17 heavy (non-hydrogen) atoms. The Kier molecular flexibility index (Phi) is 4.68. The molecule has 0 saturated heterocycles. The van der Waals surface area contributed by atoms with Gasteiger partial charge in [-0.25, -0.2) is 0 Å². The monoisotopic (exact) mass is 228 g/mol. The number of rotatable bonds is 4. The highest BCUT2D eigenvalue weighted by Gasteiger charge is 2.05. The summed E-state index contributed by atoms with van der Waals surface area (Å²) in [7, 11) is 0. The number of benzene rings is 1. The van der Waals surface area contributed by atoms with Crippen molar-refractivity contribution >= 4 is 11.6 Å². The predicted molar refractivity (Wildman–Crippen MR) is 63.0 cm³/mol. The average molecular weight is 228 g/mol. The molecule has 1 aromatic carbocycles. The van der Waals surface area contributed by atoms with Crippen LogP contribution in [0.15, 0.2) is 18.2 Å². The summed E-state index contributed by atoms with van der Waals surface area (Å²) in [5.74, 6) is -0.180. The molecular weight excluding hydrogens is 216 g/mol. The van der Waals surface area contributed by atoms with Gasteiger partial charge < -0.3 is 10.6 Å². The second-order valence-electron chi connectivity index (χ2n) is 3.31. The molecule has 5 nitrogen and oxygen atoms in total. The average Bonchev–Trinajstić information content (AvgIpc) is 2.36. The lowest BCUT2D eigenvalue weighted by Crippen LogP contribution is -2.27. The lowest BCUT2D eigenvalue weighted by Gasteiger charge is -2.06. The molecule has 0 unspecified atom stereocenters. The third-order valence-electron chi connectivity index (χ3n) is 2.08. The van der Waals surface area contributed by atoms with Gasteiger partial charge >= 0.3 is 0 Å². The highest BCUT2D eigenvalue weighted by Crippen LogP contribution is 2.14. The number of nitrogens with zero attached hydrogens (tertiary/aromatic N) is 2. The van der Waals surface area contributed by atoms with E-state index in [1.807, 2.05) is 19.1 Å². The van der Waals surface area contributed by atoms with Crippen molar-refractivity contribution in [3.63, 3.8) is 0 Å². The minimum absolute atomic E-state index is 0.180. The third-order valence-corrected chi connectivity index (χ3v) is 2.08. The first kappa shape index (κ1) is 12.7. The van der Waals surface area contributed by atoms with E-state index in [9.17, 15) is 4.79 Å². The first-order chi connectivity index (χ1) is 8.21. The van der Waals surface area contributed by atoms with E-state index >= 15 is 0 Å². The molecule has 0 radical (unpaired) electrons. The Hall–Kier alpha value is -2.37. The van der Waals surface area contributed by atoms with E-state index in [1.165, 1.54) is 12.1 Å². The van der Waals surface area contributed by atoms with E-state index in [4.69, 9.17) is 10.5 Å². The molecule has 86 valence electrons. The maximum atomic E-state index is 11.4. The molecule has 1 amide bonds. The van der Waals surface area contributed by atoms with Crippen LogP contribution in [-0.4, -0.2) is 19.0 Å². The smallest absolute Gasteiger partial charge is 0.238 e. The Labute approximate surface area is 99.7 Å². The van der Waals surface area contributed by atoms with Crippen LogP contribution in [0, 0.1) is 22.7 Å². The van der Waals surface area contributed by atoms with Crippen molar-refractivity contribution < 1.29 is 4.79 Å². The quantitative estimate of drug-likeness (QED) is 0.803. The second-order valence-corrected chi connectivity index (χ2v) is 3.31. The van der Waals surface area contributed by atoms with Crippen LogP contribution in [0.4, 0.5) is 5.69 Å². The fraction of sp³-hybridized carbons (Fsp3) is 0.250. The number of hydrogen-bond donors (Lipinski definition) is 2. The normalized spacial score (nSPS) is 9.12. The topological polar surface area (TPSA) is 88.7 Å². The van der Waals surface area contributed by atoms with Crippen molar-refractivity contribution in [2.45, 2.75) is 6.92 Å². The standard InChI is InChI=1S/C12H12N4O/c1-2-15-8-12(17)16-11-4-3-9(6-13)10(5-11)7-14/h3-5,15H,2,8H2,1H3,(H,16,17). The van der Waals surface area contributed by atoms with Gasteiger partial charge in [0, 0.05) is 5.69 Å². The van der Waals surface area contributed by atoms with Gasteiger partial charge in [0.25, 0.3) is 0 Å². The van der Waals surface area contributed by atoms with Crippen LogP contribution in [0.2, 0.25) is 0 Å². The van der Waals surface area contributed by atoms with Crippen LogP contribution >= 0.6 is 0 Å². The van der Waals surface area contributed by atoms with Crippen LogP contribution in [0.5, 0.6) is 0 Å². The molecular formula is C12H12N4O. The predicted octanol–water partition coefficient (Wildman–Crippen LogP) is 0.978. The molecule has 0 fully saturated rings. The minimum atomic E-state index is -0.180. The van der Waals surface area contributed by atoms with Gasteiger partial charge in [-0.15, -0.1) is 0 Å². The zero-order valence-corrected chi connectivity index (χ0v) is 9.45. The van der Waals surface area contributed by atoms with E-state index in [0.717, 1.165) is 0 Å². The van der Waals surface area contributed by atoms with Gasteiger partial charge in [-0.05, 0) is 24.7 Å².